The fourth-order valence-corrected chi connectivity index (χ4v) is 6.56. The maximum absolute atomic E-state index is 13.7. The SMILES string of the molecule is O=C(NC1(C(=O)NCc2nc(C(=O)O)cs2)CCN(Cc2ccccc2)C1)OCC1c2ccccc2-c2ccccc21. The van der Waals surface area contributed by atoms with Crippen LogP contribution >= 0.6 is 11.3 Å². The van der Waals surface area contributed by atoms with Gasteiger partial charge in [0.1, 0.15) is 17.2 Å². The molecule has 0 saturated carbocycles. The lowest BCUT2D eigenvalue weighted by atomic mass is 9.97. The van der Waals surface area contributed by atoms with Crippen molar-refractivity contribution in [3.05, 3.63) is 112 Å². The van der Waals surface area contributed by atoms with Crippen LogP contribution in [0.2, 0.25) is 0 Å². The van der Waals surface area contributed by atoms with Crippen molar-refractivity contribution in [2.75, 3.05) is 19.7 Å². The molecule has 214 valence electrons. The average Bonchev–Trinajstić information content (AvgIpc) is 3.72. The maximum atomic E-state index is 13.7. The summed E-state index contributed by atoms with van der Waals surface area (Å²) >= 11 is 1.16. The van der Waals surface area contributed by atoms with Gasteiger partial charge in [-0.25, -0.2) is 14.6 Å². The average molecular weight is 583 g/mol. The first-order chi connectivity index (χ1) is 20.4. The van der Waals surface area contributed by atoms with E-state index in [4.69, 9.17) is 9.84 Å². The smallest absolute Gasteiger partial charge is 0.408 e. The molecule has 2 amide bonds. The van der Waals surface area contributed by atoms with Crippen LogP contribution in [0.5, 0.6) is 0 Å². The molecule has 1 aromatic heterocycles. The zero-order chi connectivity index (χ0) is 29.1. The minimum Gasteiger partial charge on any atom is -0.476 e. The highest BCUT2D eigenvalue weighted by Gasteiger charge is 2.46. The highest BCUT2D eigenvalue weighted by molar-refractivity contribution is 7.09. The van der Waals surface area contributed by atoms with E-state index in [-0.39, 0.29) is 30.7 Å². The summed E-state index contributed by atoms with van der Waals surface area (Å²) in [6, 6.07) is 26.2. The molecule has 2 heterocycles. The summed E-state index contributed by atoms with van der Waals surface area (Å²) in [7, 11) is 0. The summed E-state index contributed by atoms with van der Waals surface area (Å²) in [4.78, 5) is 44.3. The summed E-state index contributed by atoms with van der Waals surface area (Å²) in [6.07, 6.45) is -0.260. The van der Waals surface area contributed by atoms with Crippen molar-refractivity contribution in [1.29, 1.82) is 0 Å². The van der Waals surface area contributed by atoms with Gasteiger partial charge in [-0.15, -0.1) is 11.3 Å². The number of likely N-dealkylation sites (tertiary alicyclic amines) is 1. The molecular weight excluding hydrogens is 552 g/mol. The highest BCUT2D eigenvalue weighted by Crippen LogP contribution is 2.44. The number of thiazole rings is 1. The van der Waals surface area contributed by atoms with Crippen molar-refractivity contribution >= 4 is 29.3 Å². The van der Waals surface area contributed by atoms with Crippen molar-refractivity contribution < 1.29 is 24.2 Å². The van der Waals surface area contributed by atoms with Crippen LogP contribution in [0.15, 0.2) is 84.2 Å². The van der Waals surface area contributed by atoms with Crippen molar-refractivity contribution in [2.45, 2.75) is 31.0 Å². The van der Waals surface area contributed by atoms with E-state index in [1.807, 2.05) is 54.6 Å². The van der Waals surface area contributed by atoms with Gasteiger partial charge in [-0.05, 0) is 34.2 Å². The Labute approximate surface area is 247 Å². The number of rotatable bonds is 9. The molecular formula is C32H30N4O5S. The van der Waals surface area contributed by atoms with Crippen LogP contribution in [-0.4, -0.2) is 58.2 Å². The Morgan fingerprint density at radius 1 is 0.976 bits per heavy atom. The van der Waals surface area contributed by atoms with Gasteiger partial charge in [-0.2, -0.15) is 0 Å². The van der Waals surface area contributed by atoms with Crippen LogP contribution in [0.4, 0.5) is 4.79 Å². The number of nitrogens with zero attached hydrogens (tertiary/aromatic N) is 2. The van der Waals surface area contributed by atoms with E-state index in [0.717, 1.165) is 39.2 Å². The molecule has 2 aliphatic rings. The largest absolute Gasteiger partial charge is 0.476 e. The molecule has 0 radical (unpaired) electrons. The van der Waals surface area contributed by atoms with E-state index in [1.54, 1.807) is 0 Å². The third-order valence-electron chi connectivity index (χ3n) is 7.89. The molecule has 6 rings (SSSR count). The Morgan fingerprint density at radius 3 is 2.31 bits per heavy atom. The number of nitrogens with one attached hydrogen (secondary N) is 2. The minimum absolute atomic E-state index is 0.0591. The Bertz CT molecular complexity index is 1580. The molecule has 10 heteroatoms. The molecule has 1 fully saturated rings. The summed E-state index contributed by atoms with van der Waals surface area (Å²) in [5.74, 6) is -1.58. The molecule has 1 unspecified atom stereocenters. The van der Waals surface area contributed by atoms with E-state index in [2.05, 4.69) is 44.8 Å². The van der Waals surface area contributed by atoms with Gasteiger partial charge < -0.3 is 20.5 Å². The number of aromatic carboxylic acids is 1. The van der Waals surface area contributed by atoms with Gasteiger partial charge in [0.2, 0.25) is 5.91 Å². The number of hydrogen-bond donors (Lipinski definition) is 3. The molecule has 4 aromatic rings. The fourth-order valence-electron chi connectivity index (χ4n) is 5.85. The molecule has 0 bridgehead atoms. The molecule has 42 heavy (non-hydrogen) atoms. The number of carbonyl (C=O) groups excluding carboxylic acids is 2. The molecule has 1 saturated heterocycles. The van der Waals surface area contributed by atoms with Crippen molar-refractivity contribution in [3.8, 4) is 11.1 Å². The number of hydrogen-bond acceptors (Lipinski definition) is 7. The second-order valence-electron chi connectivity index (χ2n) is 10.6. The number of ether oxygens (including phenoxy) is 1. The number of carbonyl (C=O) groups is 3. The summed E-state index contributed by atoms with van der Waals surface area (Å²) in [6.45, 7) is 1.74. The van der Waals surface area contributed by atoms with Crippen molar-refractivity contribution in [3.63, 3.8) is 0 Å². The van der Waals surface area contributed by atoms with Crippen LogP contribution in [0.1, 0.15) is 44.5 Å². The van der Waals surface area contributed by atoms with E-state index in [0.29, 0.717) is 31.1 Å². The lowest BCUT2D eigenvalue weighted by molar-refractivity contribution is -0.127. The second kappa shape index (κ2) is 11.8. The van der Waals surface area contributed by atoms with E-state index >= 15 is 0 Å². The number of alkyl carbamates (subject to hydrolysis) is 1. The summed E-state index contributed by atoms with van der Waals surface area (Å²) in [5.41, 5.74) is 4.32. The van der Waals surface area contributed by atoms with Gasteiger partial charge in [0.25, 0.3) is 0 Å². The zero-order valence-corrected chi connectivity index (χ0v) is 23.6. The van der Waals surface area contributed by atoms with Crippen molar-refractivity contribution in [1.82, 2.24) is 20.5 Å². The van der Waals surface area contributed by atoms with Crippen LogP contribution in [0, 0.1) is 0 Å². The number of benzene rings is 3. The Balaban J connectivity index is 1.16. The molecule has 3 aromatic carbocycles. The van der Waals surface area contributed by atoms with Crippen LogP contribution in [0.25, 0.3) is 11.1 Å². The van der Waals surface area contributed by atoms with Crippen LogP contribution in [0.3, 0.4) is 0 Å². The highest BCUT2D eigenvalue weighted by atomic mass is 32.1. The van der Waals surface area contributed by atoms with Gasteiger partial charge in [0.15, 0.2) is 5.69 Å². The van der Waals surface area contributed by atoms with Gasteiger partial charge in [-0.3, -0.25) is 9.69 Å². The Morgan fingerprint density at radius 2 is 1.64 bits per heavy atom. The number of amides is 2. The summed E-state index contributed by atoms with van der Waals surface area (Å²) in [5, 5.41) is 16.9. The molecule has 3 N–H and O–H groups in total. The molecule has 1 aliphatic carbocycles. The first-order valence-electron chi connectivity index (χ1n) is 13.8. The zero-order valence-electron chi connectivity index (χ0n) is 22.8. The second-order valence-corrected chi connectivity index (χ2v) is 11.5. The lowest BCUT2D eigenvalue weighted by Crippen LogP contribution is -2.60. The van der Waals surface area contributed by atoms with E-state index < -0.39 is 17.6 Å². The molecule has 9 nitrogen and oxygen atoms in total. The topological polar surface area (TPSA) is 121 Å². The minimum atomic E-state index is -1.22. The van der Waals surface area contributed by atoms with E-state index in [9.17, 15) is 14.4 Å². The van der Waals surface area contributed by atoms with Gasteiger partial charge in [0.05, 0.1) is 6.54 Å². The van der Waals surface area contributed by atoms with Crippen molar-refractivity contribution in [2.24, 2.45) is 0 Å². The third-order valence-corrected chi connectivity index (χ3v) is 8.74. The number of fused-ring (bicyclic) bond motifs is 3. The fraction of sp³-hybridized carbons (Fsp3) is 0.250. The van der Waals surface area contributed by atoms with Gasteiger partial charge in [-0.1, -0.05) is 78.9 Å². The van der Waals surface area contributed by atoms with Gasteiger partial charge >= 0.3 is 12.1 Å². The summed E-state index contributed by atoms with van der Waals surface area (Å²) < 4.78 is 5.80. The van der Waals surface area contributed by atoms with Crippen LogP contribution < -0.4 is 10.6 Å². The molecule has 1 aliphatic heterocycles. The quantitative estimate of drug-likeness (QED) is 0.263. The number of carboxylic acids is 1. The predicted octanol–water partition coefficient (Wildman–Crippen LogP) is 4.64. The maximum Gasteiger partial charge on any atom is 0.408 e. The first-order valence-corrected chi connectivity index (χ1v) is 14.7. The number of carboxylic acid groups (broad SMARTS) is 1. The monoisotopic (exact) mass is 582 g/mol. The Kier molecular flexibility index (Phi) is 7.73. The number of aromatic nitrogens is 1. The van der Waals surface area contributed by atoms with Gasteiger partial charge in [0, 0.05) is 30.9 Å². The van der Waals surface area contributed by atoms with E-state index in [1.165, 1.54) is 5.38 Å². The molecule has 1 atom stereocenters. The third kappa shape index (κ3) is 5.63. The lowest BCUT2D eigenvalue weighted by Gasteiger charge is -2.29. The first kappa shape index (κ1) is 27.6. The normalized spacial score (nSPS) is 17.8. The standard InChI is InChI=1S/C32H30N4O5S/c37-29(38)27-19-42-28(34-27)16-33-30(39)32(14-15-36(20-32)17-21-8-2-1-3-9-21)35-31(40)41-18-26-24-12-6-4-10-22(24)23-11-5-7-13-25(23)26/h1-13,19,26H,14-18,20H2,(H,33,39)(H,35,40)(H,37,38). The predicted molar refractivity (Wildman–Crippen MR) is 158 cm³/mol. The Hall–Kier alpha value is -4.54. The van der Waals surface area contributed by atoms with Crippen LogP contribution in [-0.2, 0) is 22.6 Å². The molecule has 0 spiro atoms.